The van der Waals surface area contributed by atoms with Crippen LogP contribution in [-0.4, -0.2) is 26.4 Å². The molecule has 4 nitrogen and oxygen atoms in total. The Bertz CT molecular complexity index is 771. The van der Waals surface area contributed by atoms with Crippen LogP contribution in [0.4, 0.5) is 0 Å². The third-order valence-corrected chi connectivity index (χ3v) is 4.45. The molecule has 0 amide bonds. The van der Waals surface area contributed by atoms with Crippen LogP contribution in [-0.2, 0) is 0 Å². The van der Waals surface area contributed by atoms with Crippen molar-refractivity contribution in [2.45, 2.75) is 19.3 Å². The minimum atomic E-state index is 0.146. The Balaban J connectivity index is 2.11. The predicted octanol–water partition coefficient (Wildman–Crippen LogP) is 4.40. The van der Waals surface area contributed by atoms with E-state index < -0.39 is 0 Å². The maximum Gasteiger partial charge on any atom is 0.161 e. The number of benzene rings is 2. The average Bonchev–Trinajstić information content (AvgIpc) is 2.57. The molecule has 0 aromatic heterocycles. The summed E-state index contributed by atoms with van der Waals surface area (Å²) >= 11 is 0. The van der Waals surface area contributed by atoms with E-state index in [1.165, 1.54) is 12.0 Å². The smallest absolute Gasteiger partial charge is 0.161 e. The average molecular weight is 326 g/mol. The Morgan fingerprint density at radius 1 is 0.792 bits per heavy atom. The molecule has 1 aliphatic carbocycles. The van der Waals surface area contributed by atoms with Crippen molar-refractivity contribution < 1.29 is 19.3 Å². The molecule has 0 radical (unpaired) electrons. The van der Waals surface area contributed by atoms with Gasteiger partial charge in [-0.05, 0) is 60.2 Å². The highest BCUT2D eigenvalue weighted by atomic mass is 16.5. The number of allylic oxidation sites excluding steroid dienone is 1. The fourth-order valence-electron chi connectivity index (χ4n) is 3.02. The fraction of sp³-hybridized carbons (Fsp3) is 0.300. The van der Waals surface area contributed by atoms with Crippen LogP contribution < -0.4 is 14.2 Å². The zero-order valence-corrected chi connectivity index (χ0v) is 14.3. The second-order valence-electron chi connectivity index (χ2n) is 5.79. The summed E-state index contributed by atoms with van der Waals surface area (Å²) in [5.74, 6) is 2.03. The molecule has 0 aliphatic heterocycles. The number of hydrogen-bond acceptors (Lipinski definition) is 4. The van der Waals surface area contributed by atoms with Gasteiger partial charge in [-0.25, -0.2) is 0 Å². The molecule has 1 fully saturated rings. The first-order valence-electron chi connectivity index (χ1n) is 7.99. The molecule has 0 bridgehead atoms. The van der Waals surface area contributed by atoms with E-state index in [0.29, 0.717) is 17.2 Å². The number of methoxy groups -OCH3 is 3. The van der Waals surface area contributed by atoms with Crippen LogP contribution in [0.25, 0.3) is 5.57 Å². The first kappa shape index (κ1) is 16.2. The summed E-state index contributed by atoms with van der Waals surface area (Å²) in [4.78, 5) is 0. The van der Waals surface area contributed by atoms with E-state index in [2.05, 4.69) is 0 Å². The third kappa shape index (κ3) is 2.92. The minimum absolute atomic E-state index is 0.146. The van der Waals surface area contributed by atoms with Crippen LogP contribution in [0, 0.1) is 0 Å². The molecule has 0 unspecified atom stereocenters. The summed E-state index contributed by atoms with van der Waals surface area (Å²) in [6.45, 7) is 0. The summed E-state index contributed by atoms with van der Waals surface area (Å²) in [5, 5.41) is 10.2. The fourth-order valence-corrected chi connectivity index (χ4v) is 3.02. The minimum Gasteiger partial charge on any atom is -0.504 e. The molecule has 1 saturated carbocycles. The van der Waals surface area contributed by atoms with Crippen LogP contribution in [0.3, 0.4) is 0 Å². The number of ether oxygens (including phenoxy) is 3. The van der Waals surface area contributed by atoms with Gasteiger partial charge in [0.15, 0.2) is 23.0 Å². The lowest BCUT2D eigenvalue weighted by molar-refractivity contribution is 0.355. The Morgan fingerprint density at radius 3 is 1.88 bits per heavy atom. The van der Waals surface area contributed by atoms with E-state index in [1.54, 1.807) is 33.5 Å². The van der Waals surface area contributed by atoms with Gasteiger partial charge in [0.1, 0.15) is 0 Å². The number of phenols is 1. The van der Waals surface area contributed by atoms with E-state index in [9.17, 15) is 5.11 Å². The maximum atomic E-state index is 10.2. The van der Waals surface area contributed by atoms with Crippen LogP contribution >= 0.6 is 0 Å². The lowest BCUT2D eigenvalue weighted by Crippen LogP contribution is -2.04. The highest BCUT2D eigenvalue weighted by Gasteiger charge is 2.20. The van der Waals surface area contributed by atoms with Gasteiger partial charge in [-0.3, -0.25) is 0 Å². The van der Waals surface area contributed by atoms with Gasteiger partial charge >= 0.3 is 0 Å². The maximum absolute atomic E-state index is 10.2. The molecule has 1 aliphatic rings. The van der Waals surface area contributed by atoms with Crippen molar-refractivity contribution in [1.82, 2.24) is 0 Å². The molecule has 24 heavy (non-hydrogen) atoms. The third-order valence-electron chi connectivity index (χ3n) is 4.45. The largest absolute Gasteiger partial charge is 0.504 e. The Labute approximate surface area is 142 Å². The van der Waals surface area contributed by atoms with Gasteiger partial charge in [0.25, 0.3) is 0 Å². The molecule has 3 rings (SSSR count). The standard InChI is InChI=1S/C20H22O4/c1-22-17-9-7-14(11-16(17)21)20(13-5-4-6-13)15-8-10-18(23-2)19(12-15)24-3/h7-12,21H,4-6H2,1-3H3. The zero-order valence-electron chi connectivity index (χ0n) is 14.3. The Hall–Kier alpha value is -2.62. The van der Waals surface area contributed by atoms with Gasteiger partial charge in [-0.1, -0.05) is 17.7 Å². The summed E-state index contributed by atoms with van der Waals surface area (Å²) in [5.41, 5.74) is 4.59. The van der Waals surface area contributed by atoms with Gasteiger partial charge in [0.2, 0.25) is 0 Å². The van der Waals surface area contributed by atoms with Gasteiger partial charge in [-0.15, -0.1) is 0 Å². The van der Waals surface area contributed by atoms with E-state index in [4.69, 9.17) is 14.2 Å². The second-order valence-corrected chi connectivity index (χ2v) is 5.79. The monoisotopic (exact) mass is 326 g/mol. The van der Waals surface area contributed by atoms with Crippen molar-refractivity contribution in [3.05, 3.63) is 53.1 Å². The molecule has 0 saturated heterocycles. The SMILES string of the molecule is COc1ccc(C(=C2CCC2)c2ccc(OC)c(OC)c2)cc1O. The Morgan fingerprint density at radius 2 is 1.38 bits per heavy atom. The van der Waals surface area contributed by atoms with Crippen LogP contribution in [0.15, 0.2) is 42.0 Å². The van der Waals surface area contributed by atoms with Crippen molar-refractivity contribution >= 4 is 5.57 Å². The molecular formula is C20H22O4. The second kappa shape index (κ2) is 6.87. The molecule has 2 aromatic rings. The molecule has 126 valence electrons. The molecular weight excluding hydrogens is 304 g/mol. The van der Waals surface area contributed by atoms with Crippen molar-refractivity contribution in [3.8, 4) is 23.0 Å². The molecule has 0 spiro atoms. The van der Waals surface area contributed by atoms with Gasteiger partial charge in [0.05, 0.1) is 21.3 Å². The van der Waals surface area contributed by atoms with Crippen molar-refractivity contribution in [1.29, 1.82) is 0 Å². The first-order valence-corrected chi connectivity index (χ1v) is 7.99. The van der Waals surface area contributed by atoms with E-state index >= 15 is 0 Å². The van der Waals surface area contributed by atoms with Crippen LogP contribution in [0.5, 0.6) is 23.0 Å². The normalized spacial score (nSPS) is 13.2. The summed E-state index contributed by atoms with van der Waals surface area (Å²) < 4.78 is 15.9. The number of rotatable bonds is 5. The van der Waals surface area contributed by atoms with Gasteiger partial charge < -0.3 is 19.3 Å². The molecule has 0 heterocycles. The predicted molar refractivity (Wildman–Crippen MR) is 94.1 cm³/mol. The molecule has 2 aromatic carbocycles. The number of phenolic OH excluding ortho intramolecular Hbond substituents is 1. The van der Waals surface area contributed by atoms with Gasteiger partial charge in [0, 0.05) is 0 Å². The van der Waals surface area contributed by atoms with Crippen LogP contribution in [0.1, 0.15) is 30.4 Å². The topological polar surface area (TPSA) is 47.9 Å². The Kier molecular flexibility index (Phi) is 4.65. The zero-order chi connectivity index (χ0) is 17.1. The molecule has 0 atom stereocenters. The van der Waals surface area contributed by atoms with E-state index in [1.807, 2.05) is 24.3 Å². The van der Waals surface area contributed by atoms with Crippen LogP contribution in [0.2, 0.25) is 0 Å². The number of aromatic hydroxyl groups is 1. The summed E-state index contributed by atoms with van der Waals surface area (Å²) in [6, 6.07) is 11.5. The lowest BCUT2D eigenvalue weighted by atomic mass is 9.82. The van der Waals surface area contributed by atoms with Crippen molar-refractivity contribution in [2.75, 3.05) is 21.3 Å². The molecule has 1 N–H and O–H groups in total. The van der Waals surface area contributed by atoms with E-state index in [-0.39, 0.29) is 5.75 Å². The highest BCUT2D eigenvalue weighted by Crippen LogP contribution is 2.41. The summed E-state index contributed by atoms with van der Waals surface area (Å²) in [6.07, 6.45) is 3.36. The van der Waals surface area contributed by atoms with Crippen molar-refractivity contribution in [3.63, 3.8) is 0 Å². The summed E-state index contributed by atoms with van der Waals surface area (Å²) in [7, 11) is 4.82. The quantitative estimate of drug-likeness (QED) is 0.884. The van der Waals surface area contributed by atoms with Crippen molar-refractivity contribution in [2.24, 2.45) is 0 Å². The molecule has 4 heteroatoms. The highest BCUT2D eigenvalue weighted by molar-refractivity contribution is 5.84. The first-order chi connectivity index (χ1) is 11.7. The lowest BCUT2D eigenvalue weighted by Gasteiger charge is -2.24. The van der Waals surface area contributed by atoms with E-state index in [0.717, 1.165) is 29.5 Å². The van der Waals surface area contributed by atoms with Gasteiger partial charge in [-0.2, -0.15) is 0 Å². The number of hydrogen-bond donors (Lipinski definition) is 1.